The first-order chi connectivity index (χ1) is 12.5. The van der Waals surface area contributed by atoms with Gasteiger partial charge in [0.15, 0.2) is 5.96 Å². The van der Waals surface area contributed by atoms with Gasteiger partial charge in [-0.1, -0.05) is 12.1 Å². The van der Waals surface area contributed by atoms with Gasteiger partial charge >= 0.3 is 6.18 Å². The van der Waals surface area contributed by atoms with Crippen molar-refractivity contribution in [2.75, 3.05) is 46.5 Å². The minimum atomic E-state index is -4.43. The molecule has 1 N–H and O–H groups in total. The fraction of sp³-hybridized carbons (Fsp3) is 0.611. The molecule has 0 aromatic heterocycles. The Morgan fingerprint density at radius 2 is 2.12 bits per heavy atom. The Morgan fingerprint density at radius 1 is 1.35 bits per heavy atom. The molecule has 146 valence electrons. The van der Waals surface area contributed by atoms with Crippen molar-refractivity contribution in [3.63, 3.8) is 0 Å². The largest absolute Gasteiger partial charge is 0.491 e. The molecule has 1 heterocycles. The van der Waals surface area contributed by atoms with E-state index >= 15 is 0 Å². The molecule has 1 atom stereocenters. The van der Waals surface area contributed by atoms with Crippen molar-refractivity contribution in [3.8, 4) is 5.75 Å². The zero-order valence-electron chi connectivity index (χ0n) is 15.2. The molecule has 1 aliphatic rings. The van der Waals surface area contributed by atoms with Crippen LogP contribution in [0.2, 0.25) is 0 Å². The molecule has 0 amide bonds. The van der Waals surface area contributed by atoms with Crippen LogP contribution in [-0.2, 0) is 10.9 Å². The van der Waals surface area contributed by atoms with E-state index in [1.54, 1.807) is 7.05 Å². The molecule has 0 bridgehead atoms. The average molecular weight is 373 g/mol. The van der Waals surface area contributed by atoms with Gasteiger partial charge in [0.05, 0.1) is 18.7 Å². The molecule has 0 aliphatic carbocycles. The Balaban J connectivity index is 1.79. The van der Waals surface area contributed by atoms with Crippen molar-refractivity contribution in [2.24, 2.45) is 10.9 Å². The van der Waals surface area contributed by atoms with Crippen molar-refractivity contribution in [2.45, 2.75) is 19.5 Å². The molecule has 1 saturated heterocycles. The normalized spacial score (nSPS) is 18.3. The van der Waals surface area contributed by atoms with Crippen LogP contribution in [0.25, 0.3) is 0 Å². The fourth-order valence-electron chi connectivity index (χ4n) is 2.93. The van der Waals surface area contributed by atoms with Crippen LogP contribution in [-0.4, -0.2) is 57.4 Å². The van der Waals surface area contributed by atoms with Gasteiger partial charge in [-0.3, -0.25) is 4.99 Å². The third-order valence-corrected chi connectivity index (χ3v) is 4.19. The SMILES string of the molecule is CCOCC1CCN(C(=NC)NCCOc2ccccc2C(F)(F)F)C1. The smallest absolute Gasteiger partial charge is 0.419 e. The number of rotatable bonds is 7. The summed E-state index contributed by atoms with van der Waals surface area (Å²) in [5.41, 5.74) is -0.761. The van der Waals surface area contributed by atoms with E-state index in [0.717, 1.165) is 38.1 Å². The van der Waals surface area contributed by atoms with Crippen molar-refractivity contribution in [1.82, 2.24) is 10.2 Å². The first-order valence-corrected chi connectivity index (χ1v) is 8.78. The number of aliphatic imine (C=N–C) groups is 1. The van der Waals surface area contributed by atoms with E-state index in [1.807, 2.05) is 6.92 Å². The molecule has 1 aromatic carbocycles. The molecule has 5 nitrogen and oxygen atoms in total. The zero-order valence-corrected chi connectivity index (χ0v) is 15.2. The molecule has 0 saturated carbocycles. The Kier molecular flexibility index (Phi) is 7.56. The minimum absolute atomic E-state index is 0.113. The van der Waals surface area contributed by atoms with Crippen LogP contribution < -0.4 is 10.1 Å². The van der Waals surface area contributed by atoms with E-state index in [0.29, 0.717) is 19.1 Å². The highest BCUT2D eigenvalue weighted by Crippen LogP contribution is 2.35. The van der Waals surface area contributed by atoms with Gasteiger partial charge in [-0.2, -0.15) is 13.2 Å². The highest BCUT2D eigenvalue weighted by atomic mass is 19.4. The fourth-order valence-corrected chi connectivity index (χ4v) is 2.93. The minimum Gasteiger partial charge on any atom is -0.491 e. The van der Waals surface area contributed by atoms with Gasteiger partial charge in [-0.15, -0.1) is 0 Å². The van der Waals surface area contributed by atoms with Crippen LogP contribution in [0.5, 0.6) is 5.75 Å². The Labute approximate surface area is 152 Å². The summed E-state index contributed by atoms with van der Waals surface area (Å²) in [5, 5.41) is 3.15. The van der Waals surface area contributed by atoms with Gasteiger partial charge in [0.1, 0.15) is 12.4 Å². The third kappa shape index (κ3) is 5.79. The molecule has 2 rings (SSSR count). The van der Waals surface area contributed by atoms with E-state index in [4.69, 9.17) is 9.47 Å². The number of para-hydroxylation sites is 1. The molecular weight excluding hydrogens is 347 g/mol. The lowest BCUT2D eigenvalue weighted by molar-refractivity contribution is -0.138. The van der Waals surface area contributed by atoms with Crippen LogP contribution in [0.4, 0.5) is 13.2 Å². The number of alkyl halides is 3. The number of guanidine groups is 1. The van der Waals surface area contributed by atoms with Crippen molar-refractivity contribution in [3.05, 3.63) is 29.8 Å². The van der Waals surface area contributed by atoms with Crippen molar-refractivity contribution >= 4 is 5.96 Å². The zero-order chi connectivity index (χ0) is 19.0. The molecule has 26 heavy (non-hydrogen) atoms. The highest BCUT2D eigenvalue weighted by molar-refractivity contribution is 5.80. The number of likely N-dealkylation sites (tertiary alicyclic amines) is 1. The lowest BCUT2D eigenvalue weighted by atomic mass is 10.1. The lowest BCUT2D eigenvalue weighted by Gasteiger charge is -2.22. The van der Waals surface area contributed by atoms with Gasteiger partial charge in [-0.25, -0.2) is 0 Å². The van der Waals surface area contributed by atoms with Crippen molar-refractivity contribution < 1.29 is 22.6 Å². The predicted octanol–water partition coefficient (Wildman–Crippen LogP) is 3.02. The maximum Gasteiger partial charge on any atom is 0.419 e. The number of halogens is 3. The number of nitrogens with zero attached hydrogens (tertiary/aromatic N) is 2. The van der Waals surface area contributed by atoms with E-state index in [1.165, 1.54) is 18.2 Å². The molecule has 0 spiro atoms. The van der Waals surface area contributed by atoms with Crippen LogP contribution in [0.15, 0.2) is 29.3 Å². The maximum absolute atomic E-state index is 12.9. The summed E-state index contributed by atoms with van der Waals surface area (Å²) >= 11 is 0. The summed E-state index contributed by atoms with van der Waals surface area (Å²) in [6.45, 7) is 5.64. The first kappa shape index (κ1) is 20.4. The molecule has 1 unspecified atom stereocenters. The Hall–Kier alpha value is -1.96. The van der Waals surface area contributed by atoms with E-state index < -0.39 is 11.7 Å². The Bertz CT molecular complexity index is 593. The summed E-state index contributed by atoms with van der Waals surface area (Å²) in [6.07, 6.45) is -3.39. The number of hydrogen-bond acceptors (Lipinski definition) is 3. The summed E-state index contributed by atoms with van der Waals surface area (Å²) < 4.78 is 49.6. The van der Waals surface area contributed by atoms with Crippen molar-refractivity contribution in [1.29, 1.82) is 0 Å². The molecule has 0 radical (unpaired) electrons. The molecule has 1 fully saturated rings. The van der Waals surface area contributed by atoms with Crippen LogP contribution in [0.1, 0.15) is 18.9 Å². The van der Waals surface area contributed by atoms with E-state index in [2.05, 4.69) is 15.2 Å². The van der Waals surface area contributed by atoms with Gasteiger partial charge in [0.25, 0.3) is 0 Å². The molecule has 1 aromatic rings. The number of ether oxygens (including phenoxy) is 2. The van der Waals surface area contributed by atoms with E-state index in [-0.39, 0.29) is 12.4 Å². The maximum atomic E-state index is 12.9. The summed E-state index contributed by atoms with van der Waals surface area (Å²) in [6, 6.07) is 5.22. The van der Waals surface area contributed by atoms with Crippen LogP contribution in [0.3, 0.4) is 0 Å². The molecule has 1 aliphatic heterocycles. The van der Waals surface area contributed by atoms with Gasteiger partial charge < -0.3 is 19.7 Å². The second kappa shape index (κ2) is 9.66. The molecular formula is C18H26F3N3O2. The number of hydrogen-bond donors (Lipinski definition) is 1. The topological polar surface area (TPSA) is 46.1 Å². The van der Waals surface area contributed by atoms with Crippen LogP contribution >= 0.6 is 0 Å². The van der Waals surface area contributed by atoms with Gasteiger partial charge in [0.2, 0.25) is 0 Å². The van der Waals surface area contributed by atoms with Gasteiger partial charge in [-0.05, 0) is 25.5 Å². The van der Waals surface area contributed by atoms with Crippen LogP contribution in [0, 0.1) is 5.92 Å². The first-order valence-electron chi connectivity index (χ1n) is 8.78. The second-order valence-corrected chi connectivity index (χ2v) is 6.08. The summed E-state index contributed by atoms with van der Waals surface area (Å²) in [5.74, 6) is 1.05. The molecule has 8 heteroatoms. The average Bonchev–Trinajstić information content (AvgIpc) is 3.08. The summed E-state index contributed by atoms with van der Waals surface area (Å²) in [4.78, 5) is 6.37. The highest BCUT2D eigenvalue weighted by Gasteiger charge is 2.34. The van der Waals surface area contributed by atoms with Gasteiger partial charge in [0, 0.05) is 32.7 Å². The Morgan fingerprint density at radius 3 is 2.81 bits per heavy atom. The second-order valence-electron chi connectivity index (χ2n) is 6.08. The van der Waals surface area contributed by atoms with E-state index in [9.17, 15) is 13.2 Å². The summed E-state index contributed by atoms with van der Waals surface area (Å²) in [7, 11) is 1.69. The standard InChI is InChI=1S/C18H26F3N3O2/c1-3-25-13-14-8-10-24(12-14)17(22-2)23-9-11-26-16-7-5-4-6-15(16)18(19,20)21/h4-7,14H,3,8-13H2,1-2H3,(H,22,23). The number of nitrogens with one attached hydrogen (secondary N) is 1. The quantitative estimate of drug-likeness (QED) is 0.453. The number of benzene rings is 1. The monoisotopic (exact) mass is 373 g/mol. The third-order valence-electron chi connectivity index (χ3n) is 4.19. The predicted molar refractivity (Wildman–Crippen MR) is 94.5 cm³/mol. The lowest BCUT2D eigenvalue weighted by Crippen LogP contribution is -2.41.